The summed E-state index contributed by atoms with van der Waals surface area (Å²) in [6, 6.07) is 33.9. The van der Waals surface area contributed by atoms with Crippen molar-refractivity contribution in [2.24, 2.45) is 0 Å². The largest absolute Gasteiger partial charge is 0.437 e. The smallest absolute Gasteiger partial charge is 0.418 e. The quantitative estimate of drug-likeness (QED) is 0.126. The van der Waals surface area contributed by atoms with Crippen molar-refractivity contribution in [3.8, 4) is 17.2 Å². The Morgan fingerprint density at radius 3 is 1.31 bits per heavy atom. The number of carbonyl (C=O) groups is 2. The summed E-state index contributed by atoms with van der Waals surface area (Å²) >= 11 is 0. The molecule has 0 bridgehead atoms. The molecule has 0 spiro atoms. The van der Waals surface area contributed by atoms with Gasteiger partial charge in [-0.1, -0.05) is 84.9 Å². The van der Waals surface area contributed by atoms with E-state index in [1.54, 1.807) is 121 Å². The third-order valence-electron chi connectivity index (χ3n) is 4.57. The number of hydrogen-bond acceptors (Lipinski definition) is 5. The molecule has 0 aliphatic carbocycles. The summed E-state index contributed by atoms with van der Waals surface area (Å²) in [5.74, 6) is -3.29. The van der Waals surface area contributed by atoms with Crippen LogP contribution in [-0.4, -0.2) is 17.5 Å². The second-order valence-electron chi connectivity index (χ2n) is 6.84. The van der Waals surface area contributed by atoms with Crippen LogP contribution < -0.4 is 14.2 Å². The van der Waals surface area contributed by atoms with Crippen LogP contribution in [0.2, 0.25) is 0 Å². The number of esters is 1. The first kappa shape index (κ1) is 20.9. The lowest BCUT2D eigenvalue weighted by Crippen LogP contribution is -2.58. The fourth-order valence-electron chi connectivity index (χ4n) is 3.04. The Bertz CT molecular complexity index is 1120. The molecular weight excluding hydrogens is 404 g/mol. The predicted molar refractivity (Wildman–Crippen MR) is 120 cm³/mol. The molecule has 0 saturated heterocycles. The van der Waals surface area contributed by atoms with E-state index < -0.39 is 17.5 Å². The third kappa shape index (κ3) is 4.68. The molecule has 0 fully saturated rings. The number of benzene rings is 4. The van der Waals surface area contributed by atoms with Gasteiger partial charge in [0, 0.05) is 5.56 Å². The topological polar surface area (TPSA) is 61.8 Å². The monoisotopic (exact) mass is 424 g/mol. The SMILES string of the molecule is O=C(Oc1ccccc1)C(Oc1ccccc1)(Oc1ccccc1)C(=O)c1ccccc1. The van der Waals surface area contributed by atoms with Gasteiger partial charge < -0.3 is 14.2 Å². The van der Waals surface area contributed by atoms with Crippen LogP contribution in [0.3, 0.4) is 0 Å². The molecule has 0 aliphatic heterocycles. The van der Waals surface area contributed by atoms with Gasteiger partial charge in [0.15, 0.2) is 0 Å². The Morgan fingerprint density at radius 2 is 0.875 bits per heavy atom. The van der Waals surface area contributed by atoms with Crippen LogP contribution in [0.15, 0.2) is 121 Å². The van der Waals surface area contributed by atoms with Crippen LogP contribution >= 0.6 is 0 Å². The number of ketones is 1. The molecule has 0 saturated carbocycles. The van der Waals surface area contributed by atoms with Crippen molar-refractivity contribution in [1.82, 2.24) is 0 Å². The molecule has 0 amide bonds. The molecule has 0 unspecified atom stereocenters. The van der Waals surface area contributed by atoms with Gasteiger partial charge in [0.25, 0.3) is 5.78 Å². The highest BCUT2D eigenvalue weighted by atomic mass is 16.7. The standard InChI is InChI=1S/C27H20O5/c28-25(21-13-5-1-6-14-21)27(31-23-17-9-3-10-18-23,32-24-19-11-4-12-20-24)26(29)30-22-15-7-2-8-16-22/h1-20H. The van der Waals surface area contributed by atoms with E-state index in [1.165, 1.54) is 0 Å². The van der Waals surface area contributed by atoms with Gasteiger partial charge >= 0.3 is 11.8 Å². The Balaban J connectivity index is 1.83. The van der Waals surface area contributed by atoms with Crippen molar-refractivity contribution in [2.45, 2.75) is 5.79 Å². The van der Waals surface area contributed by atoms with E-state index in [2.05, 4.69) is 0 Å². The maximum absolute atomic E-state index is 13.8. The molecule has 0 N–H and O–H groups in total. The van der Waals surface area contributed by atoms with Crippen LogP contribution in [0.5, 0.6) is 17.2 Å². The Kier molecular flexibility index (Phi) is 6.28. The molecule has 32 heavy (non-hydrogen) atoms. The maximum atomic E-state index is 13.8. The number of carbonyl (C=O) groups excluding carboxylic acids is 2. The van der Waals surface area contributed by atoms with Gasteiger partial charge in [-0.2, -0.15) is 0 Å². The minimum atomic E-state index is -2.42. The van der Waals surface area contributed by atoms with Crippen LogP contribution in [0, 0.1) is 0 Å². The molecule has 0 aliphatic rings. The van der Waals surface area contributed by atoms with Gasteiger partial charge in [0.1, 0.15) is 17.2 Å². The summed E-state index contributed by atoms with van der Waals surface area (Å²) in [4.78, 5) is 27.3. The molecule has 4 aromatic carbocycles. The number of Topliss-reactive ketones (excluding diaryl/α,β-unsaturated/α-hetero) is 1. The van der Waals surface area contributed by atoms with Crippen LogP contribution in [0.1, 0.15) is 10.4 Å². The van der Waals surface area contributed by atoms with Gasteiger partial charge in [-0.05, 0) is 36.4 Å². The van der Waals surface area contributed by atoms with Crippen LogP contribution in [-0.2, 0) is 4.79 Å². The zero-order valence-corrected chi connectivity index (χ0v) is 17.1. The molecular formula is C27H20O5. The number of para-hydroxylation sites is 3. The third-order valence-corrected chi connectivity index (χ3v) is 4.57. The van der Waals surface area contributed by atoms with Crippen LogP contribution in [0.4, 0.5) is 0 Å². The van der Waals surface area contributed by atoms with E-state index in [1.807, 2.05) is 0 Å². The summed E-state index contributed by atoms with van der Waals surface area (Å²) in [5.41, 5.74) is 0.240. The van der Waals surface area contributed by atoms with Crippen molar-refractivity contribution in [1.29, 1.82) is 0 Å². The van der Waals surface area contributed by atoms with Gasteiger partial charge in [0.2, 0.25) is 0 Å². The Labute approximate surface area is 185 Å². The van der Waals surface area contributed by atoms with Gasteiger partial charge in [0.05, 0.1) is 0 Å². The van der Waals surface area contributed by atoms with E-state index >= 15 is 0 Å². The molecule has 0 aromatic heterocycles. The van der Waals surface area contributed by atoms with Crippen LogP contribution in [0.25, 0.3) is 0 Å². The second-order valence-corrected chi connectivity index (χ2v) is 6.84. The zero-order chi connectivity index (χ0) is 22.2. The summed E-state index contributed by atoms with van der Waals surface area (Å²) in [6.07, 6.45) is 0. The predicted octanol–water partition coefficient (Wildman–Crippen LogP) is 5.33. The lowest BCUT2D eigenvalue weighted by atomic mass is 10.0. The Morgan fingerprint density at radius 1 is 0.500 bits per heavy atom. The van der Waals surface area contributed by atoms with Crippen molar-refractivity contribution in [3.63, 3.8) is 0 Å². The molecule has 0 heterocycles. The van der Waals surface area contributed by atoms with E-state index in [-0.39, 0.29) is 22.8 Å². The molecule has 158 valence electrons. The minimum absolute atomic E-state index is 0.240. The highest BCUT2D eigenvalue weighted by molar-refractivity contribution is 6.15. The molecule has 0 atom stereocenters. The number of rotatable bonds is 8. The molecule has 0 radical (unpaired) electrons. The lowest BCUT2D eigenvalue weighted by molar-refractivity contribution is -0.170. The van der Waals surface area contributed by atoms with Gasteiger partial charge in [-0.25, -0.2) is 4.79 Å². The summed E-state index contributed by atoms with van der Waals surface area (Å²) in [7, 11) is 0. The molecule has 4 rings (SSSR count). The summed E-state index contributed by atoms with van der Waals surface area (Å²) in [6.45, 7) is 0. The van der Waals surface area contributed by atoms with Gasteiger partial charge in [-0.15, -0.1) is 0 Å². The van der Waals surface area contributed by atoms with E-state index in [0.717, 1.165) is 0 Å². The van der Waals surface area contributed by atoms with Gasteiger partial charge in [-0.3, -0.25) is 4.79 Å². The van der Waals surface area contributed by atoms with E-state index in [4.69, 9.17) is 14.2 Å². The number of hydrogen-bond donors (Lipinski definition) is 0. The first-order chi connectivity index (χ1) is 15.7. The Hall–Kier alpha value is -4.38. The lowest BCUT2D eigenvalue weighted by Gasteiger charge is -2.31. The first-order valence-electron chi connectivity index (χ1n) is 10.0. The first-order valence-corrected chi connectivity index (χ1v) is 10.0. The normalized spacial score (nSPS) is 10.8. The molecule has 4 aromatic rings. The van der Waals surface area contributed by atoms with E-state index in [0.29, 0.717) is 0 Å². The molecule has 5 heteroatoms. The summed E-state index contributed by atoms with van der Waals surface area (Å²) < 4.78 is 17.6. The highest BCUT2D eigenvalue weighted by Gasteiger charge is 2.54. The zero-order valence-electron chi connectivity index (χ0n) is 17.1. The van der Waals surface area contributed by atoms with Crippen molar-refractivity contribution in [2.75, 3.05) is 0 Å². The van der Waals surface area contributed by atoms with Crippen molar-refractivity contribution in [3.05, 3.63) is 127 Å². The average molecular weight is 424 g/mol. The highest BCUT2D eigenvalue weighted by Crippen LogP contribution is 2.29. The second kappa shape index (κ2) is 9.62. The fourth-order valence-corrected chi connectivity index (χ4v) is 3.04. The fraction of sp³-hybridized carbons (Fsp3) is 0.0370. The number of ether oxygens (including phenoxy) is 3. The average Bonchev–Trinajstić information content (AvgIpc) is 2.85. The van der Waals surface area contributed by atoms with E-state index in [9.17, 15) is 9.59 Å². The summed E-state index contributed by atoms with van der Waals surface area (Å²) in [5, 5.41) is 0. The van der Waals surface area contributed by atoms with Crippen molar-refractivity contribution < 1.29 is 23.8 Å². The minimum Gasteiger partial charge on any atom is -0.437 e. The molecule has 5 nitrogen and oxygen atoms in total. The maximum Gasteiger partial charge on any atom is 0.418 e. The van der Waals surface area contributed by atoms with Crippen molar-refractivity contribution >= 4 is 11.8 Å².